The minimum Gasteiger partial charge on any atom is -0.479 e. The number of hydrogen-bond donors (Lipinski definition) is 1. The maximum atomic E-state index is 11.7. The van der Waals surface area contributed by atoms with Crippen LogP contribution in [0.1, 0.15) is 12.0 Å². The molecule has 0 atom stereocenters. The number of nitrogens with one attached hydrogen (secondary N) is 1. The molecule has 0 fully saturated rings. The summed E-state index contributed by atoms with van der Waals surface area (Å²) >= 11 is 1.64. The van der Waals surface area contributed by atoms with E-state index in [1.165, 1.54) is 0 Å². The van der Waals surface area contributed by atoms with Crippen molar-refractivity contribution < 1.29 is 9.53 Å². The SMILES string of the molecule is N#CCOc1ccc(C=NNC(=O)CCSc2ccccc2)cc1. The molecule has 0 heterocycles. The molecule has 0 aliphatic heterocycles. The molecule has 0 aliphatic rings. The monoisotopic (exact) mass is 339 g/mol. The van der Waals surface area contributed by atoms with Crippen molar-refractivity contribution in [1.82, 2.24) is 5.43 Å². The van der Waals surface area contributed by atoms with Gasteiger partial charge in [0.05, 0.1) is 6.21 Å². The van der Waals surface area contributed by atoms with Crippen LogP contribution in [-0.2, 0) is 4.79 Å². The van der Waals surface area contributed by atoms with E-state index in [1.54, 1.807) is 42.2 Å². The second kappa shape index (κ2) is 10.1. The number of hydrogen-bond acceptors (Lipinski definition) is 5. The molecule has 5 nitrogen and oxygen atoms in total. The number of nitriles is 1. The van der Waals surface area contributed by atoms with Gasteiger partial charge in [-0.25, -0.2) is 5.43 Å². The summed E-state index contributed by atoms with van der Waals surface area (Å²) < 4.78 is 5.16. The van der Waals surface area contributed by atoms with Crippen LogP contribution in [0.4, 0.5) is 0 Å². The lowest BCUT2D eigenvalue weighted by Crippen LogP contribution is -2.17. The Bertz CT molecular complexity index is 709. The standard InChI is InChI=1S/C18H17N3O2S/c19-11-12-23-16-8-6-15(7-9-16)14-20-21-18(22)10-13-24-17-4-2-1-3-5-17/h1-9,14H,10,12-13H2,(H,21,22). The highest BCUT2D eigenvalue weighted by molar-refractivity contribution is 7.99. The lowest BCUT2D eigenvalue weighted by molar-refractivity contribution is -0.120. The maximum Gasteiger partial charge on any atom is 0.240 e. The molecule has 0 bridgehead atoms. The van der Waals surface area contributed by atoms with E-state index in [0.29, 0.717) is 17.9 Å². The number of rotatable bonds is 8. The minimum atomic E-state index is -0.122. The van der Waals surface area contributed by atoms with Crippen LogP contribution in [0.3, 0.4) is 0 Å². The van der Waals surface area contributed by atoms with Gasteiger partial charge in [-0.05, 0) is 42.0 Å². The number of nitrogens with zero attached hydrogens (tertiary/aromatic N) is 2. The second-order valence-corrected chi connectivity index (χ2v) is 5.89. The van der Waals surface area contributed by atoms with Gasteiger partial charge in [0.1, 0.15) is 11.8 Å². The van der Waals surface area contributed by atoms with E-state index in [4.69, 9.17) is 10.00 Å². The Balaban J connectivity index is 1.69. The number of amides is 1. The lowest BCUT2D eigenvalue weighted by Gasteiger charge is -2.02. The fourth-order valence-electron chi connectivity index (χ4n) is 1.78. The number of hydrazone groups is 1. The van der Waals surface area contributed by atoms with Gasteiger partial charge in [0.25, 0.3) is 0 Å². The Morgan fingerprint density at radius 1 is 1.21 bits per heavy atom. The zero-order valence-electron chi connectivity index (χ0n) is 13.0. The van der Waals surface area contributed by atoms with Gasteiger partial charge in [0, 0.05) is 17.1 Å². The summed E-state index contributed by atoms with van der Waals surface area (Å²) in [6.07, 6.45) is 1.97. The second-order valence-electron chi connectivity index (χ2n) is 4.72. The van der Waals surface area contributed by atoms with Crippen molar-refractivity contribution in [2.45, 2.75) is 11.3 Å². The molecule has 2 rings (SSSR count). The molecule has 1 amide bonds. The fourth-order valence-corrected chi connectivity index (χ4v) is 2.65. The van der Waals surface area contributed by atoms with Crippen molar-refractivity contribution in [2.24, 2.45) is 5.10 Å². The molecule has 0 saturated heterocycles. The first kappa shape index (κ1) is 17.6. The van der Waals surface area contributed by atoms with Crippen molar-refractivity contribution in [2.75, 3.05) is 12.4 Å². The number of ether oxygens (including phenoxy) is 1. The van der Waals surface area contributed by atoms with Crippen LogP contribution in [0, 0.1) is 11.3 Å². The first-order chi connectivity index (χ1) is 11.8. The highest BCUT2D eigenvalue weighted by Crippen LogP contribution is 2.17. The molecule has 0 aliphatic carbocycles. The predicted molar refractivity (Wildman–Crippen MR) is 95.1 cm³/mol. The maximum absolute atomic E-state index is 11.7. The Kier molecular flexibility index (Phi) is 7.38. The third-order valence-electron chi connectivity index (χ3n) is 2.93. The Morgan fingerprint density at radius 2 is 1.96 bits per heavy atom. The largest absolute Gasteiger partial charge is 0.479 e. The van der Waals surface area contributed by atoms with Crippen molar-refractivity contribution in [3.63, 3.8) is 0 Å². The Hall–Kier alpha value is -2.78. The molecular formula is C18H17N3O2S. The summed E-state index contributed by atoms with van der Waals surface area (Å²) in [6, 6.07) is 19.0. The number of benzene rings is 2. The predicted octanol–water partition coefficient (Wildman–Crippen LogP) is 3.22. The van der Waals surface area contributed by atoms with E-state index in [-0.39, 0.29) is 12.5 Å². The van der Waals surface area contributed by atoms with Gasteiger partial charge in [-0.15, -0.1) is 11.8 Å². The Morgan fingerprint density at radius 3 is 2.67 bits per heavy atom. The van der Waals surface area contributed by atoms with Crippen molar-refractivity contribution in [3.05, 3.63) is 60.2 Å². The average Bonchev–Trinajstić information content (AvgIpc) is 2.62. The summed E-state index contributed by atoms with van der Waals surface area (Å²) in [6.45, 7) is 0.0183. The smallest absolute Gasteiger partial charge is 0.240 e. The lowest BCUT2D eigenvalue weighted by atomic mass is 10.2. The van der Waals surface area contributed by atoms with E-state index in [9.17, 15) is 4.79 Å². The summed E-state index contributed by atoms with van der Waals surface area (Å²) in [7, 11) is 0. The molecule has 2 aromatic rings. The number of thioether (sulfide) groups is 1. The molecule has 1 N–H and O–H groups in total. The first-order valence-electron chi connectivity index (χ1n) is 7.37. The van der Waals surface area contributed by atoms with Crippen LogP contribution in [0.5, 0.6) is 5.75 Å². The molecule has 0 saturated carbocycles. The average molecular weight is 339 g/mol. The molecule has 122 valence electrons. The first-order valence-corrected chi connectivity index (χ1v) is 8.36. The normalized spacial score (nSPS) is 10.3. The molecule has 6 heteroatoms. The zero-order valence-corrected chi connectivity index (χ0v) is 13.8. The van der Waals surface area contributed by atoms with Gasteiger partial charge >= 0.3 is 0 Å². The van der Waals surface area contributed by atoms with Crippen LogP contribution in [-0.4, -0.2) is 24.5 Å². The summed E-state index contributed by atoms with van der Waals surface area (Å²) in [4.78, 5) is 12.9. The molecule has 0 aromatic heterocycles. The van der Waals surface area contributed by atoms with Gasteiger partial charge in [0.15, 0.2) is 6.61 Å². The fraction of sp³-hybridized carbons (Fsp3) is 0.167. The van der Waals surface area contributed by atoms with Gasteiger partial charge in [-0.2, -0.15) is 10.4 Å². The third-order valence-corrected chi connectivity index (χ3v) is 3.94. The van der Waals surface area contributed by atoms with E-state index in [0.717, 1.165) is 10.5 Å². The molecule has 0 unspecified atom stereocenters. The van der Waals surface area contributed by atoms with E-state index < -0.39 is 0 Å². The van der Waals surface area contributed by atoms with Gasteiger partial charge in [-0.1, -0.05) is 18.2 Å². The summed E-state index contributed by atoms with van der Waals surface area (Å²) in [5, 5.41) is 12.4. The topological polar surface area (TPSA) is 74.5 Å². The number of carbonyl (C=O) groups is 1. The molecule has 2 aromatic carbocycles. The quantitative estimate of drug-likeness (QED) is 0.455. The van der Waals surface area contributed by atoms with Crippen LogP contribution < -0.4 is 10.2 Å². The number of carbonyl (C=O) groups excluding carboxylic acids is 1. The highest BCUT2D eigenvalue weighted by atomic mass is 32.2. The minimum absolute atomic E-state index is 0.0183. The van der Waals surface area contributed by atoms with Crippen LogP contribution in [0.15, 0.2) is 64.6 Å². The van der Waals surface area contributed by atoms with E-state index >= 15 is 0 Å². The third kappa shape index (κ3) is 6.55. The molecular weight excluding hydrogens is 322 g/mol. The van der Waals surface area contributed by atoms with Crippen molar-refractivity contribution in [1.29, 1.82) is 5.26 Å². The van der Waals surface area contributed by atoms with Crippen LogP contribution >= 0.6 is 11.8 Å². The van der Waals surface area contributed by atoms with E-state index in [2.05, 4.69) is 10.5 Å². The van der Waals surface area contributed by atoms with E-state index in [1.807, 2.05) is 36.4 Å². The molecule has 0 radical (unpaired) electrons. The van der Waals surface area contributed by atoms with Crippen molar-refractivity contribution >= 4 is 23.9 Å². The summed E-state index contributed by atoms with van der Waals surface area (Å²) in [5.74, 6) is 1.20. The van der Waals surface area contributed by atoms with Gasteiger partial charge in [0.2, 0.25) is 5.91 Å². The summed E-state index contributed by atoms with van der Waals surface area (Å²) in [5.41, 5.74) is 3.34. The highest BCUT2D eigenvalue weighted by Gasteiger charge is 2.00. The molecule has 0 spiro atoms. The zero-order chi connectivity index (χ0) is 17.0. The Labute approximate surface area is 145 Å². The van der Waals surface area contributed by atoms with Gasteiger partial charge in [-0.3, -0.25) is 4.79 Å². The van der Waals surface area contributed by atoms with Gasteiger partial charge < -0.3 is 4.74 Å². The molecule has 24 heavy (non-hydrogen) atoms. The van der Waals surface area contributed by atoms with Crippen molar-refractivity contribution in [3.8, 4) is 11.8 Å². The van der Waals surface area contributed by atoms with Crippen LogP contribution in [0.2, 0.25) is 0 Å². The van der Waals surface area contributed by atoms with Crippen LogP contribution in [0.25, 0.3) is 0 Å².